The molecule has 0 radical (unpaired) electrons. The Morgan fingerprint density at radius 1 is 1.67 bits per heavy atom. The van der Waals surface area contributed by atoms with Gasteiger partial charge in [0.05, 0.1) is 18.6 Å². The largest absolute Gasteiger partial charge is 0.463 e. The fourth-order valence-corrected chi connectivity index (χ4v) is 2.49. The SMILES string of the molecule is CCOC(=O)C1=C[C@H](O)[C@@H]2C(=O)CC[C@H]12. The molecule has 0 unspecified atom stereocenters. The molecule has 0 aromatic carbocycles. The zero-order valence-electron chi connectivity index (χ0n) is 8.60. The van der Waals surface area contributed by atoms with Gasteiger partial charge in [0.2, 0.25) is 0 Å². The molecule has 0 amide bonds. The first-order valence-electron chi connectivity index (χ1n) is 5.24. The first-order valence-corrected chi connectivity index (χ1v) is 5.24. The molecule has 2 rings (SSSR count). The number of carbonyl (C=O) groups excluding carboxylic acids is 2. The first kappa shape index (κ1) is 10.4. The van der Waals surface area contributed by atoms with Gasteiger partial charge in [0, 0.05) is 17.9 Å². The molecule has 4 heteroatoms. The molecule has 0 aliphatic heterocycles. The van der Waals surface area contributed by atoms with Crippen LogP contribution < -0.4 is 0 Å². The van der Waals surface area contributed by atoms with Crippen molar-refractivity contribution in [1.29, 1.82) is 0 Å². The van der Waals surface area contributed by atoms with E-state index in [9.17, 15) is 14.7 Å². The lowest BCUT2D eigenvalue weighted by Crippen LogP contribution is -2.23. The van der Waals surface area contributed by atoms with Crippen LogP contribution in [0.1, 0.15) is 19.8 Å². The number of fused-ring (bicyclic) bond motifs is 1. The Kier molecular flexibility index (Phi) is 2.61. The van der Waals surface area contributed by atoms with Crippen LogP contribution in [0.5, 0.6) is 0 Å². The second-order valence-corrected chi connectivity index (χ2v) is 3.97. The van der Waals surface area contributed by atoms with E-state index < -0.39 is 18.0 Å². The minimum atomic E-state index is -0.801. The molecule has 2 aliphatic carbocycles. The lowest BCUT2D eigenvalue weighted by atomic mass is 9.93. The van der Waals surface area contributed by atoms with Crippen LogP contribution >= 0.6 is 0 Å². The minimum Gasteiger partial charge on any atom is -0.463 e. The number of aliphatic hydroxyl groups is 1. The molecule has 2 aliphatic rings. The Morgan fingerprint density at radius 2 is 2.40 bits per heavy atom. The van der Waals surface area contributed by atoms with Gasteiger partial charge in [-0.15, -0.1) is 0 Å². The topological polar surface area (TPSA) is 63.6 Å². The number of Topliss-reactive ketones (excluding diaryl/α,β-unsaturated/α-hetero) is 1. The standard InChI is InChI=1S/C11H14O4/c1-2-15-11(14)7-5-9(13)10-6(7)3-4-8(10)12/h5-6,9-10,13H,2-4H2,1H3/t6-,9+,10+/m1/s1. The van der Waals surface area contributed by atoms with Crippen molar-refractivity contribution in [2.75, 3.05) is 6.61 Å². The molecule has 4 nitrogen and oxygen atoms in total. The molecule has 0 aromatic heterocycles. The van der Waals surface area contributed by atoms with E-state index in [1.165, 1.54) is 6.08 Å². The zero-order valence-corrected chi connectivity index (χ0v) is 8.60. The number of esters is 1. The Balaban J connectivity index is 2.18. The number of ether oxygens (including phenoxy) is 1. The van der Waals surface area contributed by atoms with Crippen LogP contribution in [-0.2, 0) is 14.3 Å². The van der Waals surface area contributed by atoms with Crippen LogP contribution in [0.25, 0.3) is 0 Å². The van der Waals surface area contributed by atoms with E-state index in [1.54, 1.807) is 6.92 Å². The van der Waals surface area contributed by atoms with E-state index >= 15 is 0 Å². The number of hydrogen-bond donors (Lipinski definition) is 1. The minimum absolute atomic E-state index is 0.0584. The second-order valence-electron chi connectivity index (χ2n) is 3.97. The summed E-state index contributed by atoms with van der Waals surface area (Å²) in [6.07, 6.45) is 1.79. The Bertz CT molecular complexity index is 331. The maximum Gasteiger partial charge on any atom is 0.334 e. The van der Waals surface area contributed by atoms with Crippen molar-refractivity contribution < 1.29 is 19.4 Å². The van der Waals surface area contributed by atoms with Crippen molar-refractivity contribution in [3.63, 3.8) is 0 Å². The third-order valence-electron chi connectivity index (χ3n) is 3.14. The van der Waals surface area contributed by atoms with Crippen LogP contribution in [0.15, 0.2) is 11.6 Å². The summed E-state index contributed by atoms with van der Waals surface area (Å²) in [6.45, 7) is 2.05. The lowest BCUT2D eigenvalue weighted by Gasteiger charge is -2.13. The van der Waals surface area contributed by atoms with Gasteiger partial charge in [-0.2, -0.15) is 0 Å². The van der Waals surface area contributed by atoms with Gasteiger partial charge in [-0.3, -0.25) is 4.79 Å². The first-order chi connectivity index (χ1) is 7.15. The number of ketones is 1. The van der Waals surface area contributed by atoms with Gasteiger partial charge in [-0.25, -0.2) is 4.79 Å². The highest BCUT2D eigenvalue weighted by Gasteiger charge is 2.47. The van der Waals surface area contributed by atoms with E-state index in [1.807, 2.05) is 0 Å². The Morgan fingerprint density at radius 3 is 3.07 bits per heavy atom. The summed E-state index contributed by atoms with van der Waals surface area (Å²) >= 11 is 0. The number of rotatable bonds is 2. The van der Waals surface area contributed by atoms with Crippen molar-refractivity contribution in [1.82, 2.24) is 0 Å². The van der Waals surface area contributed by atoms with E-state index in [4.69, 9.17) is 4.74 Å². The van der Waals surface area contributed by atoms with Crippen molar-refractivity contribution in [2.24, 2.45) is 11.8 Å². The van der Waals surface area contributed by atoms with Crippen molar-refractivity contribution in [3.8, 4) is 0 Å². The monoisotopic (exact) mass is 210 g/mol. The summed E-state index contributed by atoms with van der Waals surface area (Å²) in [5.74, 6) is -0.849. The number of hydrogen-bond acceptors (Lipinski definition) is 4. The summed E-state index contributed by atoms with van der Waals surface area (Å²) < 4.78 is 4.89. The van der Waals surface area contributed by atoms with Gasteiger partial charge in [0.15, 0.2) is 0 Å². The Labute approximate surface area is 87.9 Å². The molecule has 0 aromatic rings. The fraction of sp³-hybridized carbons (Fsp3) is 0.636. The smallest absolute Gasteiger partial charge is 0.334 e. The second kappa shape index (κ2) is 3.77. The molecule has 15 heavy (non-hydrogen) atoms. The van der Waals surface area contributed by atoms with Crippen LogP contribution in [0, 0.1) is 11.8 Å². The van der Waals surface area contributed by atoms with Crippen molar-refractivity contribution in [2.45, 2.75) is 25.9 Å². The average Bonchev–Trinajstić information content (AvgIpc) is 2.70. The highest BCUT2D eigenvalue weighted by atomic mass is 16.5. The molecule has 1 saturated carbocycles. The van der Waals surface area contributed by atoms with Crippen LogP contribution in [0.3, 0.4) is 0 Å². The van der Waals surface area contributed by atoms with E-state index in [0.29, 0.717) is 25.0 Å². The Hall–Kier alpha value is -1.16. The van der Waals surface area contributed by atoms with Gasteiger partial charge in [0.1, 0.15) is 5.78 Å². The third kappa shape index (κ3) is 1.59. The predicted molar refractivity (Wildman–Crippen MR) is 51.9 cm³/mol. The quantitative estimate of drug-likeness (QED) is 0.672. The van der Waals surface area contributed by atoms with Gasteiger partial charge in [-0.05, 0) is 19.4 Å². The summed E-state index contributed by atoms with van der Waals surface area (Å²) in [7, 11) is 0. The molecule has 0 heterocycles. The van der Waals surface area contributed by atoms with Crippen LogP contribution in [0.4, 0.5) is 0 Å². The zero-order chi connectivity index (χ0) is 11.0. The average molecular weight is 210 g/mol. The maximum absolute atomic E-state index is 11.5. The van der Waals surface area contributed by atoms with Gasteiger partial charge >= 0.3 is 5.97 Å². The highest BCUT2D eigenvalue weighted by molar-refractivity contribution is 5.95. The molecule has 1 fully saturated rings. The van der Waals surface area contributed by atoms with Gasteiger partial charge in [-0.1, -0.05) is 0 Å². The molecule has 0 bridgehead atoms. The summed E-state index contributed by atoms with van der Waals surface area (Å²) in [5.41, 5.74) is 0.486. The third-order valence-corrected chi connectivity index (χ3v) is 3.14. The molecule has 0 spiro atoms. The number of aliphatic hydroxyl groups excluding tert-OH is 1. The highest BCUT2D eigenvalue weighted by Crippen LogP contribution is 2.42. The van der Waals surface area contributed by atoms with E-state index in [2.05, 4.69) is 0 Å². The van der Waals surface area contributed by atoms with E-state index in [-0.39, 0.29) is 11.7 Å². The molecule has 1 N–H and O–H groups in total. The summed E-state index contributed by atoms with van der Waals surface area (Å²) in [6, 6.07) is 0. The molecule has 0 saturated heterocycles. The van der Waals surface area contributed by atoms with Crippen LogP contribution in [-0.4, -0.2) is 29.6 Å². The molecular formula is C11H14O4. The van der Waals surface area contributed by atoms with E-state index in [0.717, 1.165) is 0 Å². The van der Waals surface area contributed by atoms with Gasteiger partial charge in [0.25, 0.3) is 0 Å². The van der Waals surface area contributed by atoms with Crippen molar-refractivity contribution in [3.05, 3.63) is 11.6 Å². The summed E-state index contributed by atoms with van der Waals surface area (Å²) in [5, 5.41) is 9.65. The lowest BCUT2D eigenvalue weighted by molar-refractivity contribution is -0.139. The normalized spacial score (nSPS) is 33.9. The fourth-order valence-electron chi connectivity index (χ4n) is 2.49. The number of carbonyl (C=O) groups is 2. The van der Waals surface area contributed by atoms with Gasteiger partial charge < -0.3 is 9.84 Å². The van der Waals surface area contributed by atoms with Crippen molar-refractivity contribution >= 4 is 11.8 Å². The molecule has 3 atom stereocenters. The summed E-state index contributed by atoms with van der Waals surface area (Å²) in [4.78, 5) is 23.0. The predicted octanol–water partition coefficient (Wildman–Crippen LogP) is 0.446. The molecular weight excluding hydrogens is 196 g/mol. The maximum atomic E-state index is 11.5. The molecule has 82 valence electrons. The van der Waals surface area contributed by atoms with Crippen LogP contribution in [0.2, 0.25) is 0 Å².